The zero-order valence-electron chi connectivity index (χ0n) is 14.1. The van der Waals surface area contributed by atoms with Crippen molar-refractivity contribution in [3.63, 3.8) is 0 Å². The molecule has 128 valence electrons. The third kappa shape index (κ3) is 3.79. The first-order valence-electron chi connectivity index (χ1n) is 7.89. The van der Waals surface area contributed by atoms with Gasteiger partial charge in [0.1, 0.15) is 6.54 Å². The first-order valence-corrected chi connectivity index (χ1v) is 7.89. The summed E-state index contributed by atoms with van der Waals surface area (Å²) in [7, 11) is 0. The normalized spacial score (nSPS) is 14.5. The highest BCUT2D eigenvalue weighted by molar-refractivity contribution is 6.45. The number of imide groups is 2. The number of aryl methyl sites for hydroxylation is 2. The lowest BCUT2D eigenvalue weighted by Crippen LogP contribution is -2.39. The second-order valence-corrected chi connectivity index (χ2v) is 5.91. The molecule has 0 atom stereocenters. The van der Waals surface area contributed by atoms with Gasteiger partial charge < -0.3 is 5.32 Å². The molecule has 0 bridgehead atoms. The molecule has 24 heavy (non-hydrogen) atoms. The molecule has 1 saturated heterocycles. The van der Waals surface area contributed by atoms with Crippen molar-refractivity contribution in [1.29, 1.82) is 0 Å². The lowest BCUT2D eigenvalue weighted by Gasteiger charge is -2.15. The van der Waals surface area contributed by atoms with E-state index in [-0.39, 0.29) is 6.54 Å². The maximum absolute atomic E-state index is 12.2. The number of hydrogen-bond donors (Lipinski definition) is 1. The number of rotatable bonds is 6. The highest BCUT2D eigenvalue weighted by atomic mass is 16.2. The monoisotopic (exact) mass is 331 g/mol. The summed E-state index contributed by atoms with van der Waals surface area (Å²) >= 11 is 0. The summed E-state index contributed by atoms with van der Waals surface area (Å²) in [6, 6.07) is 4.82. The van der Waals surface area contributed by atoms with E-state index >= 15 is 0 Å². The minimum atomic E-state index is -0.952. The zero-order chi connectivity index (χ0) is 17.9. The van der Waals surface area contributed by atoms with Crippen molar-refractivity contribution in [1.82, 2.24) is 9.80 Å². The molecule has 0 aromatic heterocycles. The van der Waals surface area contributed by atoms with E-state index in [4.69, 9.17) is 0 Å². The van der Waals surface area contributed by atoms with Crippen molar-refractivity contribution in [2.75, 3.05) is 18.4 Å². The number of urea groups is 1. The van der Waals surface area contributed by atoms with Crippen molar-refractivity contribution in [3.8, 4) is 0 Å². The largest absolute Gasteiger partial charge is 0.334 e. The highest BCUT2D eigenvalue weighted by Crippen LogP contribution is 2.16. The summed E-state index contributed by atoms with van der Waals surface area (Å²) in [6.45, 7) is 5.44. The Morgan fingerprint density at radius 2 is 1.58 bits per heavy atom. The van der Waals surface area contributed by atoms with E-state index in [1.807, 2.05) is 26.8 Å². The van der Waals surface area contributed by atoms with Crippen LogP contribution in [0.3, 0.4) is 0 Å². The zero-order valence-corrected chi connectivity index (χ0v) is 14.1. The van der Waals surface area contributed by atoms with Crippen LogP contribution in [0.15, 0.2) is 18.2 Å². The van der Waals surface area contributed by atoms with Gasteiger partial charge in [-0.2, -0.15) is 0 Å². The van der Waals surface area contributed by atoms with Gasteiger partial charge in [0.15, 0.2) is 0 Å². The van der Waals surface area contributed by atoms with Crippen LogP contribution in [0, 0.1) is 13.8 Å². The molecule has 0 saturated carbocycles. The van der Waals surface area contributed by atoms with Crippen molar-refractivity contribution in [2.45, 2.75) is 33.6 Å². The van der Waals surface area contributed by atoms with Gasteiger partial charge in [0, 0.05) is 12.2 Å². The number of anilines is 1. The average Bonchev–Trinajstić information content (AvgIpc) is 2.68. The molecular weight excluding hydrogens is 310 g/mol. The molecule has 1 aromatic rings. The van der Waals surface area contributed by atoms with Gasteiger partial charge in [0.05, 0.1) is 0 Å². The molecule has 1 aliphatic rings. The highest BCUT2D eigenvalue weighted by Gasteiger charge is 2.44. The Kier molecular flexibility index (Phi) is 5.33. The molecule has 1 N–H and O–H groups in total. The molecule has 1 fully saturated rings. The van der Waals surface area contributed by atoms with E-state index in [1.165, 1.54) is 0 Å². The number of unbranched alkanes of at least 4 members (excludes halogenated alkanes) is 1. The van der Waals surface area contributed by atoms with Gasteiger partial charge in [0.2, 0.25) is 5.91 Å². The fourth-order valence-corrected chi connectivity index (χ4v) is 2.59. The van der Waals surface area contributed by atoms with Crippen LogP contribution < -0.4 is 5.32 Å². The van der Waals surface area contributed by atoms with Gasteiger partial charge in [-0.15, -0.1) is 0 Å². The fraction of sp³-hybridized carbons (Fsp3) is 0.412. The molecule has 0 aliphatic carbocycles. The molecule has 7 heteroatoms. The van der Waals surface area contributed by atoms with Crippen molar-refractivity contribution < 1.29 is 19.2 Å². The standard InChI is InChI=1S/C17H21N3O4/c1-4-5-6-19-15(22)16(23)20(17(19)24)10-14(21)18-13-8-11(2)7-12(3)9-13/h7-9H,4-6,10H2,1-3H3,(H,18,21). The van der Waals surface area contributed by atoms with Crippen LogP contribution in [0.4, 0.5) is 10.5 Å². The number of hydrogen-bond acceptors (Lipinski definition) is 4. The number of nitrogens with one attached hydrogen (secondary N) is 1. The lowest BCUT2D eigenvalue weighted by molar-refractivity contribution is -0.143. The maximum Gasteiger partial charge on any atom is 0.334 e. The van der Waals surface area contributed by atoms with E-state index in [0.717, 1.165) is 22.4 Å². The topological polar surface area (TPSA) is 86.8 Å². The number of carbonyl (C=O) groups excluding carboxylic acids is 4. The summed E-state index contributed by atoms with van der Waals surface area (Å²) in [4.78, 5) is 49.6. The Bertz CT molecular complexity index is 679. The second-order valence-electron chi connectivity index (χ2n) is 5.91. The molecule has 0 radical (unpaired) electrons. The summed E-state index contributed by atoms with van der Waals surface area (Å²) in [5, 5.41) is 2.65. The van der Waals surface area contributed by atoms with Crippen LogP contribution in [0.2, 0.25) is 0 Å². The molecule has 1 aromatic carbocycles. The van der Waals surface area contributed by atoms with E-state index in [1.54, 1.807) is 12.1 Å². The SMILES string of the molecule is CCCCN1C(=O)C(=O)N(CC(=O)Nc2cc(C)cc(C)c2)C1=O. The molecule has 7 nitrogen and oxygen atoms in total. The molecule has 1 aliphatic heterocycles. The van der Waals surface area contributed by atoms with Gasteiger partial charge in [-0.1, -0.05) is 19.4 Å². The maximum atomic E-state index is 12.2. The minimum absolute atomic E-state index is 0.190. The summed E-state index contributed by atoms with van der Waals surface area (Å²) in [5.74, 6) is -2.34. The van der Waals surface area contributed by atoms with Crippen molar-refractivity contribution >= 4 is 29.4 Å². The molecule has 1 heterocycles. The second kappa shape index (κ2) is 7.25. The van der Waals surface area contributed by atoms with Crippen LogP contribution in [0.1, 0.15) is 30.9 Å². The van der Waals surface area contributed by atoms with Crippen LogP contribution >= 0.6 is 0 Å². The first kappa shape index (κ1) is 17.7. The number of benzene rings is 1. The number of amides is 5. The van der Waals surface area contributed by atoms with Crippen molar-refractivity contribution in [2.24, 2.45) is 0 Å². The average molecular weight is 331 g/mol. The van der Waals surface area contributed by atoms with E-state index in [0.29, 0.717) is 17.0 Å². The first-order chi connectivity index (χ1) is 11.3. The molecule has 5 amide bonds. The summed E-state index contributed by atoms with van der Waals surface area (Å²) in [5.41, 5.74) is 2.56. The third-order valence-corrected chi connectivity index (χ3v) is 3.68. The van der Waals surface area contributed by atoms with Crippen molar-refractivity contribution in [3.05, 3.63) is 29.3 Å². The van der Waals surface area contributed by atoms with E-state index in [2.05, 4.69) is 5.32 Å². The minimum Gasteiger partial charge on any atom is -0.325 e. The predicted molar refractivity (Wildman–Crippen MR) is 88.3 cm³/mol. The summed E-state index contributed by atoms with van der Waals surface area (Å²) < 4.78 is 0. The Balaban J connectivity index is 2.04. The Morgan fingerprint density at radius 3 is 2.17 bits per heavy atom. The number of nitrogens with zero attached hydrogens (tertiary/aromatic N) is 2. The quantitative estimate of drug-likeness (QED) is 0.636. The van der Waals surface area contributed by atoms with E-state index in [9.17, 15) is 19.2 Å². The number of carbonyl (C=O) groups is 4. The molecule has 0 spiro atoms. The van der Waals surface area contributed by atoms with E-state index < -0.39 is 30.3 Å². The van der Waals surface area contributed by atoms with Crippen LogP contribution in [0.25, 0.3) is 0 Å². The Morgan fingerprint density at radius 1 is 1.00 bits per heavy atom. The van der Waals surface area contributed by atoms with Crippen LogP contribution in [-0.2, 0) is 14.4 Å². The predicted octanol–water partition coefficient (Wildman–Crippen LogP) is 1.83. The fourth-order valence-electron chi connectivity index (χ4n) is 2.59. The molecule has 0 unspecified atom stereocenters. The smallest absolute Gasteiger partial charge is 0.325 e. The van der Waals surface area contributed by atoms with Gasteiger partial charge >= 0.3 is 17.8 Å². The lowest BCUT2D eigenvalue weighted by atomic mass is 10.1. The van der Waals surface area contributed by atoms with Crippen LogP contribution in [-0.4, -0.2) is 46.6 Å². The molecule has 2 rings (SSSR count). The van der Waals surface area contributed by atoms with Gasteiger partial charge in [-0.05, 0) is 43.5 Å². The van der Waals surface area contributed by atoms with Gasteiger partial charge in [-0.3, -0.25) is 19.3 Å². The Labute approximate surface area is 140 Å². The van der Waals surface area contributed by atoms with Crippen LogP contribution in [0.5, 0.6) is 0 Å². The summed E-state index contributed by atoms with van der Waals surface area (Å²) in [6.07, 6.45) is 1.41. The third-order valence-electron chi connectivity index (χ3n) is 3.68. The van der Waals surface area contributed by atoms with Gasteiger partial charge in [0.25, 0.3) is 0 Å². The van der Waals surface area contributed by atoms with Gasteiger partial charge in [-0.25, -0.2) is 9.69 Å². The Hall–Kier alpha value is -2.70. The molecular formula is C17H21N3O4.